The van der Waals surface area contributed by atoms with Gasteiger partial charge >= 0.3 is 0 Å². The minimum Gasteiger partial charge on any atom is -0.301 e. The van der Waals surface area contributed by atoms with E-state index in [4.69, 9.17) is 11.5 Å². The molecular weight excluding hydrogens is 578 g/mol. The first-order valence-corrected chi connectivity index (χ1v) is 11.2. The van der Waals surface area contributed by atoms with Gasteiger partial charge in [-0.15, -0.1) is 48.0 Å². The van der Waals surface area contributed by atoms with Crippen LogP contribution in [0.2, 0.25) is 0 Å². The molecule has 0 aromatic rings. The Morgan fingerprint density at radius 1 is 0.464 bits per heavy atom. The molecule has 0 atom stereocenters. The summed E-state index contributed by atoms with van der Waals surface area (Å²) in [7, 11) is 0. The predicted molar refractivity (Wildman–Crippen MR) is 141 cm³/mol. The van der Waals surface area contributed by atoms with E-state index in [1.54, 1.807) is 0 Å². The van der Waals surface area contributed by atoms with Crippen molar-refractivity contribution in [3.8, 4) is 0 Å². The molecule has 0 spiro atoms. The molecule has 2 aliphatic rings. The van der Waals surface area contributed by atoms with Crippen molar-refractivity contribution in [3.05, 3.63) is 0 Å². The molecule has 2 aliphatic heterocycles. The lowest BCUT2D eigenvalue weighted by Crippen LogP contribution is -2.67. The van der Waals surface area contributed by atoms with Crippen molar-refractivity contribution in [1.82, 2.24) is 21.3 Å². The van der Waals surface area contributed by atoms with E-state index >= 15 is 0 Å². The molecule has 2 heterocycles. The lowest BCUT2D eigenvalue weighted by atomic mass is 10.0. The topological polar surface area (TPSA) is 100 Å². The zero-order valence-electron chi connectivity index (χ0n) is 17.7. The normalized spacial score (nSPS) is 20.8. The van der Waals surface area contributed by atoms with Crippen molar-refractivity contribution >= 4 is 48.0 Å². The fraction of sp³-hybridized carbons (Fsp3) is 1.00. The van der Waals surface area contributed by atoms with Crippen LogP contribution in [0.15, 0.2) is 0 Å². The van der Waals surface area contributed by atoms with Crippen LogP contribution in [0.4, 0.5) is 0 Å². The third-order valence-corrected chi connectivity index (χ3v) is 5.86. The zero-order valence-corrected chi connectivity index (χ0v) is 22.4. The highest BCUT2D eigenvalue weighted by molar-refractivity contribution is 14.0. The van der Waals surface area contributed by atoms with Crippen molar-refractivity contribution in [2.45, 2.75) is 101 Å². The maximum atomic E-state index is 6.30. The summed E-state index contributed by atoms with van der Waals surface area (Å²) in [6, 6.07) is 0. The van der Waals surface area contributed by atoms with E-state index in [1.165, 1.54) is 77.0 Å². The fourth-order valence-electron chi connectivity index (χ4n) is 4.12. The van der Waals surface area contributed by atoms with E-state index in [0.29, 0.717) is 0 Å². The number of hydrogen-bond donors (Lipinski definition) is 6. The Balaban J connectivity index is 0.00000364. The van der Waals surface area contributed by atoms with Crippen LogP contribution in [0.3, 0.4) is 0 Å². The van der Waals surface area contributed by atoms with Crippen molar-refractivity contribution < 1.29 is 0 Å². The maximum absolute atomic E-state index is 6.30. The Morgan fingerprint density at radius 2 is 0.714 bits per heavy atom. The second-order valence-electron chi connectivity index (χ2n) is 8.39. The molecule has 0 aromatic heterocycles. The molecule has 0 radical (unpaired) electrons. The second kappa shape index (κ2) is 16.9. The van der Waals surface area contributed by atoms with E-state index in [2.05, 4.69) is 21.3 Å². The lowest BCUT2D eigenvalue weighted by molar-refractivity contribution is 0.206. The fourth-order valence-corrected chi connectivity index (χ4v) is 4.12. The monoisotopic (exact) mass is 624 g/mol. The van der Waals surface area contributed by atoms with Gasteiger partial charge in [-0.1, -0.05) is 51.4 Å². The van der Waals surface area contributed by atoms with Crippen molar-refractivity contribution in [1.29, 1.82) is 0 Å². The van der Waals surface area contributed by atoms with Gasteiger partial charge in [-0.2, -0.15) is 0 Å². The van der Waals surface area contributed by atoms with Crippen molar-refractivity contribution in [3.63, 3.8) is 0 Å². The Labute approximate surface area is 207 Å². The summed E-state index contributed by atoms with van der Waals surface area (Å²) in [4.78, 5) is 0. The standard InChI is InChI=1S/C20H44N6.2HI/c21-19(23-15-11-16-24-19)13-9-7-5-3-1-2-4-6-8-10-14-20(22)25-17-12-18-26-20;;/h23-26H,1-18,21-22H2;2*1H. The number of nitrogens with one attached hydrogen (secondary N) is 4. The van der Waals surface area contributed by atoms with E-state index < -0.39 is 0 Å². The quantitative estimate of drug-likeness (QED) is 0.139. The highest BCUT2D eigenvalue weighted by Crippen LogP contribution is 2.15. The maximum Gasteiger partial charge on any atom is 0.120 e. The van der Waals surface area contributed by atoms with Gasteiger partial charge in [-0.25, -0.2) is 0 Å². The van der Waals surface area contributed by atoms with Crippen LogP contribution in [-0.2, 0) is 0 Å². The third kappa shape index (κ3) is 12.8. The van der Waals surface area contributed by atoms with E-state index in [0.717, 1.165) is 39.0 Å². The van der Waals surface area contributed by atoms with Gasteiger partial charge in [0, 0.05) is 0 Å². The van der Waals surface area contributed by atoms with Gasteiger partial charge in [0.05, 0.1) is 0 Å². The summed E-state index contributed by atoms with van der Waals surface area (Å²) in [5.74, 6) is -0.605. The van der Waals surface area contributed by atoms with Gasteiger partial charge in [0.2, 0.25) is 0 Å². The van der Waals surface area contributed by atoms with Gasteiger partial charge in [-0.05, 0) is 64.7 Å². The number of hydrogen-bond acceptors (Lipinski definition) is 6. The summed E-state index contributed by atoms with van der Waals surface area (Å²) < 4.78 is 0. The highest BCUT2D eigenvalue weighted by atomic mass is 127. The zero-order chi connectivity index (χ0) is 18.6. The molecule has 28 heavy (non-hydrogen) atoms. The van der Waals surface area contributed by atoms with Crippen LogP contribution in [-0.4, -0.2) is 37.8 Å². The van der Waals surface area contributed by atoms with Crippen LogP contribution >= 0.6 is 48.0 Å². The lowest BCUT2D eigenvalue weighted by Gasteiger charge is -2.36. The van der Waals surface area contributed by atoms with Gasteiger partial charge in [0.25, 0.3) is 0 Å². The number of unbranched alkanes of at least 4 members (excludes halogenated alkanes) is 9. The van der Waals surface area contributed by atoms with Crippen LogP contribution in [0, 0.1) is 0 Å². The van der Waals surface area contributed by atoms with Crippen LogP contribution in [0.5, 0.6) is 0 Å². The molecular formula is C20H46I2N6. The molecule has 8 heteroatoms. The van der Waals surface area contributed by atoms with E-state index in [9.17, 15) is 0 Å². The first-order valence-electron chi connectivity index (χ1n) is 11.2. The minimum atomic E-state index is -0.303. The molecule has 0 amide bonds. The average Bonchev–Trinajstić information content (AvgIpc) is 2.64. The smallest absolute Gasteiger partial charge is 0.120 e. The molecule has 0 aliphatic carbocycles. The summed E-state index contributed by atoms with van der Waals surface area (Å²) in [6.07, 6.45) is 17.7. The van der Waals surface area contributed by atoms with Gasteiger partial charge in [0.1, 0.15) is 11.6 Å². The van der Waals surface area contributed by atoms with Crippen LogP contribution in [0.25, 0.3) is 0 Å². The predicted octanol–water partition coefficient (Wildman–Crippen LogP) is 3.29. The van der Waals surface area contributed by atoms with E-state index in [1.807, 2.05) is 0 Å². The Kier molecular flexibility index (Phi) is 17.6. The third-order valence-electron chi connectivity index (χ3n) is 5.86. The van der Waals surface area contributed by atoms with E-state index in [-0.39, 0.29) is 59.5 Å². The van der Waals surface area contributed by atoms with Gasteiger partial charge < -0.3 is 11.5 Å². The Bertz CT molecular complexity index is 327. The first-order chi connectivity index (χ1) is 12.6. The highest BCUT2D eigenvalue weighted by Gasteiger charge is 2.25. The molecule has 6 nitrogen and oxygen atoms in total. The molecule has 0 aromatic carbocycles. The number of nitrogens with two attached hydrogens (primary N) is 2. The van der Waals surface area contributed by atoms with Gasteiger partial charge in [-0.3, -0.25) is 21.3 Å². The van der Waals surface area contributed by atoms with Crippen molar-refractivity contribution in [2.24, 2.45) is 11.5 Å². The Hall–Kier alpha value is 1.22. The van der Waals surface area contributed by atoms with Crippen LogP contribution < -0.4 is 32.7 Å². The SMILES string of the molecule is I.I.NC1(CCCCCCCCCCCCC2(N)NCCCN2)NCCCN1. The summed E-state index contributed by atoms with van der Waals surface area (Å²) >= 11 is 0. The van der Waals surface area contributed by atoms with Crippen LogP contribution in [0.1, 0.15) is 89.9 Å². The van der Waals surface area contributed by atoms with Gasteiger partial charge in [0.15, 0.2) is 0 Å². The Morgan fingerprint density at radius 3 is 1.00 bits per heavy atom. The first kappa shape index (κ1) is 29.2. The molecule has 0 unspecified atom stereocenters. The summed E-state index contributed by atoms with van der Waals surface area (Å²) in [5, 5.41) is 13.6. The molecule has 0 saturated carbocycles. The molecule has 0 bridgehead atoms. The molecule has 2 rings (SSSR count). The van der Waals surface area contributed by atoms with Crippen molar-refractivity contribution in [2.75, 3.05) is 26.2 Å². The molecule has 8 N–H and O–H groups in total. The largest absolute Gasteiger partial charge is 0.301 e. The number of halogens is 2. The summed E-state index contributed by atoms with van der Waals surface area (Å²) in [6.45, 7) is 4.18. The molecule has 170 valence electrons. The summed E-state index contributed by atoms with van der Waals surface area (Å²) in [5.41, 5.74) is 12.6. The minimum absolute atomic E-state index is 0. The number of rotatable bonds is 13. The molecule has 2 saturated heterocycles. The average molecular weight is 624 g/mol. The molecule has 2 fully saturated rings. The second-order valence-corrected chi connectivity index (χ2v) is 8.39.